The topological polar surface area (TPSA) is 91.3 Å². The smallest absolute Gasteiger partial charge is 0.337 e. The van der Waals surface area contributed by atoms with E-state index < -0.39 is 12.0 Å². The number of nitrogens with zero attached hydrogens (tertiary/aromatic N) is 1. The molecule has 3 N–H and O–H groups in total. The molecule has 0 saturated carbocycles. The van der Waals surface area contributed by atoms with Gasteiger partial charge in [0.05, 0.1) is 21.5 Å². The van der Waals surface area contributed by atoms with Crippen molar-refractivity contribution in [1.29, 1.82) is 0 Å². The van der Waals surface area contributed by atoms with Crippen LogP contribution in [0.4, 0.5) is 15.6 Å². The van der Waals surface area contributed by atoms with Gasteiger partial charge in [-0.2, -0.15) is 0 Å². The van der Waals surface area contributed by atoms with Gasteiger partial charge in [-0.3, -0.25) is 5.32 Å². The summed E-state index contributed by atoms with van der Waals surface area (Å²) in [6, 6.07) is 13.2. The summed E-state index contributed by atoms with van der Waals surface area (Å²) >= 11 is 1.35. The van der Waals surface area contributed by atoms with Gasteiger partial charge in [0.25, 0.3) is 0 Å². The number of benzene rings is 2. The molecule has 7 heteroatoms. The highest BCUT2D eigenvalue weighted by Gasteiger charge is 2.12. The summed E-state index contributed by atoms with van der Waals surface area (Å²) in [5.74, 6) is -1.10. The van der Waals surface area contributed by atoms with Crippen LogP contribution in [0, 0.1) is 0 Å². The number of para-hydroxylation sites is 2. The number of aromatic nitrogens is 1. The average molecular weight is 313 g/mol. The molecule has 0 aliphatic rings. The molecule has 22 heavy (non-hydrogen) atoms. The summed E-state index contributed by atoms with van der Waals surface area (Å²) in [6.45, 7) is 0. The Morgan fingerprint density at radius 3 is 2.50 bits per heavy atom. The van der Waals surface area contributed by atoms with E-state index >= 15 is 0 Å². The Labute approximate surface area is 129 Å². The normalized spacial score (nSPS) is 10.4. The number of hydrogen-bond acceptors (Lipinski definition) is 4. The molecule has 1 heterocycles. The van der Waals surface area contributed by atoms with Crippen LogP contribution in [0.5, 0.6) is 0 Å². The minimum atomic E-state index is -1.10. The first-order chi connectivity index (χ1) is 10.6. The standard InChI is InChI=1S/C15H11N3O3S/c19-13(20)9-5-1-2-6-10(9)16-14(21)18-15-17-11-7-3-4-8-12(11)22-15/h1-8H,(H,19,20)(H2,16,17,18,21). The van der Waals surface area contributed by atoms with Crippen molar-refractivity contribution in [2.45, 2.75) is 0 Å². The van der Waals surface area contributed by atoms with Crippen LogP contribution in [0.3, 0.4) is 0 Å². The lowest BCUT2D eigenvalue weighted by molar-refractivity contribution is 0.0698. The van der Waals surface area contributed by atoms with Crippen molar-refractivity contribution < 1.29 is 14.7 Å². The molecule has 0 spiro atoms. The first-order valence-electron chi connectivity index (χ1n) is 6.39. The molecule has 0 saturated heterocycles. The molecular weight excluding hydrogens is 302 g/mol. The molecule has 0 atom stereocenters. The van der Waals surface area contributed by atoms with Gasteiger partial charge in [-0.15, -0.1) is 0 Å². The third kappa shape index (κ3) is 2.89. The summed E-state index contributed by atoms with van der Waals surface area (Å²) in [5, 5.41) is 14.7. The zero-order valence-electron chi connectivity index (χ0n) is 11.2. The second-order valence-corrected chi connectivity index (χ2v) is 5.45. The predicted molar refractivity (Wildman–Crippen MR) is 85.7 cm³/mol. The van der Waals surface area contributed by atoms with E-state index in [0.717, 1.165) is 10.2 Å². The van der Waals surface area contributed by atoms with Gasteiger partial charge < -0.3 is 10.4 Å². The van der Waals surface area contributed by atoms with Crippen LogP contribution in [0.15, 0.2) is 48.5 Å². The second kappa shape index (κ2) is 5.82. The maximum absolute atomic E-state index is 12.0. The first-order valence-corrected chi connectivity index (χ1v) is 7.21. The molecular formula is C15H11N3O3S. The minimum Gasteiger partial charge on any atom is -0.478 e. The number of rotatable bonds is 3. The molecule has 0 radical (unpaired) electrons. The van der Waals surface area contributed by atoms with Gasteiger partial charge in [0.2, 0.25) is 0 Å². The van der Waals surface area contributed by atoms with Gasteiger partial charge in [0.15, 0.2) is 5.13 Å². The molecule has 0 aliphatic carbocycles. The minimum absolute atomic E-state index is 0.0296. The predicted octanol–water partition coefficient (Wildman–Crippen LogP) is 3.64. The van der Waals surface area contributed by atoms with Gasteiger partial charge in [-0.05, 0) is 24.3 Å². The van der Waals surface area contributed by atoms with Crippen molar-refractivity contribution in [1.82, 2.24) is 4.98 Å². The number of nitrogens with one attached hydrogen (secondary N) is 2. The lowest BCUT2D eigenvalue weighted by Gasteiger charge is -2.07. The number of anilines is 2. The van der Waals surface area contributed by atoms with E-state index in [2.05, 4.69) is 15.6 Å². The lowest BCUT2D eigenvalue weighted by Crippen LogP contribution is -2.20. The number of amides is 2. The van der Waals surface area contributed by atoms with Crippen molar-refractivity contribution in [3.8, 4) is 0 Å². The maximum Gasteiger partial charge on any atom is 0.337 e. The van der Waals surface area contributed by atoms with Gasteiger partial charge >= 0.3 is 12.0 Å². The van der Waals surface area contributed by atoms with E-state index in [-0.39, 0.29) is 11.3 Å². The molecule has 6 nitrogen and oxygen atoms in total. The Kier molecular flexibility index (Phi) is 3.71. The fraction of sp³-hybridized carbons (Fsp3) is 0. The highest BCUT2D eigenvalue weighted by Crippen LogP contribution is 2.25. The largest absolute Gasteiger partial charge is 0.478 e. The van der Waals surface area contributed by atoms with Crippen molar-refractivity contribution in [2.75, 3.05) is 10.6 Å². The molecule has 1 aromatic heterocycles. The van der Waals surface area contributed by atoms with Crippen LogP contribution in [0.1, 0.15) is 10.4 Å². The van der Waals surface area contributed by atoms with Crippen LogP contribution < -0.4 is 10.6 Å². The van der Waals surface area contributed by atoms with Crippen LogP contribution in [-0.4, -0.2) is 22.1 Å². The summed E-state index contributed by atoms with van der Waals surface area (Å²) in [5.41, 5.74) is 1.06. The number of carboxylic acids is 1. The number of aromatic carboxylic acids is 1. The molecule has 0 aliphatic heterocycles. The monoisotopic (exact) mass is 313 g/mol. The number of urea groups is 1. The molecule has 2 amide bonds. The highest BCUT2D eigenvalue weighted by atomic mass is 32.1. The van der Waals surface area contributed by atoms with E-state index in [4.69, 9.17) is 5.11 Å². The number of carboxylic acid groups (broad SMARTS) is 1. The van der Waals surface area contributed by atoms with Crippen LogP contribution in [0.2, 0.25) is 0 Å². The van der Waals surface area contributed by atoms with Crippen LogP contribution in [-0.2, 0) is 0 Å². The number of thiazole rings is 1. The fourth-order valence-electron chi connectivity index (χ4n) is 1.95. The first kappa shape index (κ1) is 14.0. The molecule has 2 aromatic carbocycles. The van der Waals surface area contributed by atoms with E-state index in [0.29, 0.717) is 5.13 Å². The Morgan fingerprint density at radius 1 is 1.00 bits per heavy atom. The third-order valence-electron chi connectivity index (χ3n) is 2.92. The van der Waals surface area contributed by atoms with Crippen molar-refractivity contribution in [2.24, 2.45) is 0 Å². The molecule has 0 bridgehead atoms. The molecule has 3 aromatic rings. The average Bonchev–Trinajstić information content (AvgIpc) is 2.89. The van der Waals surface area contributed by atoms with Gasteiger partial charge in [-0.25, -0.2) is 14.6 Å². The molecule has 110 valence electrons. The number of carbonyl (C=O) groups is 2. The van der Waals surface area contributed by atoms with E-state index in [1.165, 1.54) is 23.5 Å². The summed E-state index contributed by atoms with van der Waals surface area (Å²) < 4.78 is 0.962. The summed E-state index contributed by atoms with van der Waals surface area (Å²) in [6.07, 6.45) is 0. The van der Waals surface area contributed by atoms with E-state index in [1.807, 2.05) is 24.3 Å². The third-order valence-corrected chi connectivity index (χ3v) is 3.87. The number of carbonyl (C=O) groups excluding carboxylic acids is 1. The maximum atomic E-state index is 12.0. The zero-order valence-corrected chi connectivity index (χ0v) is 12.1. The Hall–Kier alpha value is -2.93. The van der Waals surface area contributed by atoms with Gasteiger partial charge in [-0.1, -0.05) is 35.6 Å². The Balaban J connectivity index is 1.76. The van der Waals surface area contributed by atoms with Crippen LogP contribution in [0.25, 0.3) is 10.2 Å². The molecule has 3 rings (SSSR count). The van der Waals surface area contributed by atoms with Crippen molar-refractivity contribution in [3.05, 3.63) is 54.1 Å². The quantitative estimate of drug-likeness (QED) is 0.688. The summed E-state index contributed by atoms with van der Waals surface area (Å²) in [7, 11) is 0. The van der Waals surface area contributed by atoms with E-state index in [9.17, 15) is 9.59 Å². The SMILES string of the molecule is O=C(Nc1nc2ccccc2s1)Nc1ccccc1C(=O)O. The molecule has 0 unspecified atom stereocenters. The van der Waals surface area contributed by atoms with E-state index in [1.54, 1.807) is 12.1 Å². The Morgan fingerprint density at radius 2 is 1.73 bits per heavy atom. The molecule has 0 fully saturated rings. The van der Waals surface area contributed by atoms with Crippen LogP contribution >= 0.6 is 11.3 Å². The lowest BCUT2D eigenvalue weighted by atomic mass is 10.2. The summed E-state index contributed by atoms with van der Waals surface area (Å²) in [4.78, 5) is 27.4. The van der Waals surface area contributed by atoms with Gasteiger partial charge in [0, 0.05) is 0 Å². The zero-order chi connectivity index (χ0) is 15.5. The fourth-order valence-corrected chi connectivity index (χ4v) is 2.82. The van der Waals surface area contributed by atoms with Crippen molar-refractivity contribution in [3.63, 3.8) is 0 Å². The highest BCUT2D eigenvalue weighted by molar-refractivity contribution is 7.22. The number of fused-ring (bicyclic) bond motifs is 1. The number of hydrogen-bond donors (Lipinski definition) is 3. The van der Waals surface area contributed by atoms with Gasteiger partial charge in [0.1, 0.15) is 0 Å². The second-order valence-electron chi connectivity index (χ2n) is 4.42. The Bertz CT molecular complexity index is 827. The van der Waals surface area contributed by atoms with Crippen molar-refractivity contribution >= 4 is 44.4 Å².